The van der Waals surface area contributed by atoms with Crippen LogP contribution in [-0.4, -0.2) is 65.4 Å². The van der Waals surface area contributed by atoms with Crippen LogP contribution in [0.5, 0.6) is 5.75 Å². The number of rotatable bonds is 4. The molecule has 0 bridgehead atoms. The lowest BCUT2D eigenvalue weighted by molar-refractivity contribution is -0.143. The third kappa shape index (κ3) is 5.67. The van der Waals surface area contributed by atoms with Crippen LogP contribution < -0.4 is 4.74 Å². The normalized spacial score (nSPS) is 22.9. The first kappa shape index (κ1) is 29.0. The van der Waals surface area contributed by atoms with Gasteiger partial charge in [0.2, 0.25) is 0 Å². The molecule has 4 atom stereocenters. The molecule has 2 heterocycles. The molecule has 2 aliphatic heterocycles. The van der Waals surface area contributed by atoms with Gasteiger partial charge in [0.15, 0.2) is 0 Å². The third-order valence-corrected chi connectivity index (χ3v) is 7.85. The van der Waals surface area contributed by atoms with Crippen LogP contribution in [0, 0.1) is 6.92 Å². The van der Waals surface area contributed by atoms with Crippen LogP contribution >= 0.6 is 0 Å². The van der Waals surface area contributed by atoms with E-state index in [4.69, 9.17) is 4.74 Å². The Hall–Kier alpha value is -2.99. The number of hydrogen-bond acceptors (Lipinski definition) is 4. The molecule has 3 unspecified atom stereocenters. The standard InChI is InChI=1S/C27H31F6N3O3/c1-15-11-20(39-4)5-6-21(15)24-22-7-8-23(37)35(22)9-10-36(24)25(38)34(3)16(2)17-12-18(26(28,29)30)14-19(13-17)27(31,32)33/h5-6,11-14,16,22-24,37H,7-10H2,1-4H3/t16-,22?,23?,24?/m1/s1. The largest absolute Gasteiger partial charge is 0.497 e. The van der Waals surface area contributed by atoms with Crippen LogP contribution in [0.3, 0.4) is 0 Å². The van der Waals surface area contributed by atoms with Crippen molar-refractivity contribution < 1.29 is 41.0 Å². The molecule has 12 heteroatoms. The lowest BCUT2D eigenvalue weighted by atomic mass is 9.90. The molecule has 0 aliphatic carbocycles. The number of carbonyl (C=O) groups excluding carboxylic acids is 1. The molecule has 4 rings (SSSR count). The first-order valence-corrected chi connectivity index (χ1v) is 12.5. The highest BCUT2D eigenvalue weighted by Gasteiger charge is 2.47. The average molecular weight is 560 g/mol. The molecule has 2 aliphatic rings. The van der Waals surface area contributed by atoms with Crippen molar-refractivity contribution in [1.82, 2.24) is 14.7 Å². The Balaban J connectivity index is 1.70. The number of hydrogen-bond donors (Lipinski definition) is 1. The summed E-state index contributed by atoms with van der Waals surface area (Å²) in [7, 11) is 2.91. The van der Waals surface area contributed by atoms with Gasteiger partial charge >= 0.3 is 18.4 Å². The Bertz CT molecular complexity index is 1190. The predicted octanol–water partition coefficient (Wildman–Crippen LogP) is 5.99. The van der Waals surface area contributed by atoms with E-state index in [9.17, 15) is 36.2 Å². The number of fused-ring (bicyclic) bond motifs is 1. The monoisotopic (exact) mass is 559 g/mol. The maximum atomic E-state index is 13.9. The molecule has 0 spiro atoms. The molecule has 39 heavy (non-hydrogen) atoms. The van der Waals surface area contributed by atoms with Gasteiger partial charge in [-0.1, -0.05) is 6.07 Å². The summed E-state index contributed by atoms with van der Waals surface area (Å²) in [4.78, 5) is 18.6. The van der Waals surface area contributed by atoms with Gasteiger partial charge in [-0.05, 0) is 73.7 Å². The Kier molecular flexibility index (Phi) is 7.83. The van der Waals surface area contributed by atoms with Crippen molar-refractivity contribution in [2.75, 3.05) is 27.2 Å². The van der Waals surface area contributed by atoms with Gasteiger partial charge in [-0.3, -0.25) is 4.90 Å². The number of methoxy groups -OCH3 is 1. The fraction of sp³-hybridized carbons (Fsp3) is 0.519. The second kappa shape index (κ2) is 10.5. The number of ether oxygens (including phenoxy) is 1. The molecule has 1 N–H and O–H groups in total. The van der Waals surface area contributed by atoms with Crippen molar-refractivity contribution in [3.05, 3.63) is 64.2 Å². The van der Waals surface area contributed by atoms with Crippen LogP contribution in [0.15, 0.2) is 36.4 Å². The van der Waals surface area contributed by atoms with Gasteiger partial charge in [0, 0.05) is 26.2 Å². The summed E-state index contributed by atoms with van der Waals surface area (Å²) >= 11 is 0. The molecule has 0 saturated carbocycles. The van der Waals surface area contributed by atoms with E-state index in [0.717, 1.165) is 11.1 Å². The number of aliphatic hydroxyl groups is 1. The number of aliphatic hydroxyl groups excluding tert-OH is 1. The van der Waals surface area contributed by atoms with Crippen molar-refractivity contribution in [3.63, 3.8) is 0 Å². The SMILES string of the molecule is COc1ccc(C2C3CCC(O)N3CCN2C(=O)N(C)[C@H](C)c2cc(C(F)(F)F)cc(C(F)(F)F)c2)c(C)c1. The minimum atomic E-state index is -4.99. The molecule has 2 aromatic rings. The second-order valence-electron chi connectivity index (χ2n) is 10.1. The topological polar surface area (TPSA) is 56.3 Å². The van der Waals surface area contributed by atoms with Gasteiger partial charge in [0.25, 0.3) is 0 Å². The van der Waals surface area contributed by atoms with E-state index >= 15 is 0 Å². The number of halogens is 6. The summed E-state index contributed by atoms with van der Waals surface area (Å²) in [5.41, 5.74) is -1.46. The zero-order chi connectivity index (χ0) is 28.9. The van der Waals surface area contributed by atoms with E-state index in [1.165, 1.54) is 26.0 Å². The van der Waals surface area contributed by atoms with Crippen molar-refractivity contribution in [2.24, 2.45) is 0 Å². The van der Waals surface area contributed by atoms with Gasteiger partial charge in [0.05, 0.1) is 30.3 Å². The highest BCUT2D eigenvalue weighted by atomic mass is 19.4. The summed E-state index contributed by atoms with van der Waals surface area (Å²) in [6.07, 6.45) is -9.50. The van der Waals surface area contributed by atoms with Crippen molar-refractivity contribution in [1.29, 1.82) is 0 Å². The summed E-state index contributed by atoms with van der Waals surface area (Å²) < 4.78 is 86.0. The maximum Gasteiger partial charge on any atom is 0.416 e. The molecular weight excluding hydrogens is 528 g/mol. The maximum absolute atomic E-state index is 13.9. The van der Waals surface area contributed by atoms with Gasteiger partial charge < -0.3 is 19.6 Å². The molecule has 2 saturated heterocycles. The number of nitrogens with zero attached hydrogens (tertiary/aromatic N) is 3. The van der Waals surface area contributed by atoms with E-state index in [1.807, 2.05) is 24.0 Å². The minimum absolute atomic E-state index is 0.0746. The number of benzene rings is 2. The van der Waals surface area contributed by atoms with Gasteiger partial charge in [-0.2, -0.15) is 26.3 Å². The fourth-order valence-electron chi connectivity index (χ4n) is 5.61. The van der Waals surface area contributed by atoms with Gasteiger partial charge in [-0.15, -0.1) is 0 Å². The molecule has 2 amide bonds. The minimum Gasteiger partial charge on any atom is -0.497 e. The van der Waals surface area contributed by atoms with Crippen LogP contribution in [0.2, 0.25) is 0 Å². The molecular formula is C27H31F6N3O3. The lowest BCUT2D eigenvalue weighted by Crippen LogP contribution is -2.58. The van der Waals surface area contributed by atoms with E-state index in [-0.39, 0.29) is 24.2 Å². The fourth-order valence-corrected chi connectivity index (χ4v) is 5.61. The highest BCUT2D eigenvalue weighted by molar-refractivity contribution is 5.76. The van der Waals surface area contributed by atoms with E-state index < -0.39 is 47.8 Å². The van der Waals surface area contributed by atoms with E-state index in [0.29, 0.717) is 37.3 Å². The molecule has 0 radical (unpaired) electrons. The Morgan fingerprint density at radius 1 is 1.03 bits per heavy atom. The molecule has 6 nitrogen and oxygen atoms in total. The number of piperazine rings is 1. The van der Waals surface area contributed by atoms with Crippen molar-refractivity contribution in [2.45, 2.75) is 63.4 Å². The highest BCUT2D eigenvalue weighted by Crippen LogP contribution is 2.42. The summed E-state index contributed by atoms with van der Waals surface area (Å²) in [5.74, 6) is 0.629. The van der Waals surface area contributed by atoms with Gasteiger partial charge in [-0.25, -0.2) is 4.79 Å². The lowest BCUT2D eigenvalue weighted by Gasteiger charge is -2.47. The van der Waals surface area contributed by atoms with Crippen molar-refractivity contribution in [3.8, 4) is 5.75 Å². The zero-order valence-corrected chi connectivity index (χ0v) is 22.0. The van der Waals surface area contributed by atoms with E-state index in [2.05, 4.69) is 0 Å². The zero-order valence-electron chi connectivity index (χ0n) is 22.0. The Morgan fingerprint density at radius 2 is 1.64 bits per heavy atom. The smallest absolute Gasteiger partial charge is 0.416 e. The first-order valence-electron chi connectivity index (χ1n) is 12.5. The number of urea groups is 1. The van der Waals surface area contributed by atoms with Gasteiger partial charge in [0.1, 0.15) is 12.0 Å². The third-order valence-electron chi connectivity index (χ3n) is 7.85. The molecule has 2 aromatic carbocycles. The number of alkyl halides is 6. The summed E-state index contributed by atoms with van der Waals surface area (Å²) in [6.45, 7) is 3.87. The summed E-state index contributed by atoms with van der Waals surface area (Å²) in [6, 6.07) is 4.50. The molecule has 214 valence electrons. The Morgan fingerprint density at radius 3 is 2.18 bits per heavy atom. The van der Waals surface area contributed by atoms with Crippen LogP contribution in [0.25, 0.3) is 0 Å². The first-order chi connectivity index (χ1) is 18.1. The molecule has 2 fully saturated rings. The molecule has 0 aromatic heterocycles. The van der Waals surface area contributed by atoms with Crippen LogP contribution in [-0.2, 0) is 12.4 Å². The number of carbonyl (C=O) groups is 1. The second-order valence-corrected chi connectivity index (χ2v) is 10.1. The summed E-state index contributed by atoms with van der Waals surface area (Å²) in [5, 5.41) is 10.5. The van der Waals surface area contributed by atoms with Crippen molar-refractivity contribution >= 4 is 6.03 Å². The predicted molar refractivity (Wildman–Crippen MR) is 131 cm³/mol. The quantitative estimate of drug-likeness (QED) is 0.468. The number of amides is 2. The van der Waals surface area contributed by atoms with Crippen LogP contribution in [0.1, 0.15) is 59.7 Å². The van der Waals surface area contributed by atoms with E-state index in [1.54, 1.807) is 11.0 Å². The number of aryl methyl sites for hydroxylation is 1. The average Bonchev–Trinajstić information content (AvgIpc) is 3.26. The van der Waals surface area contributed by atoms with Crippen LogP contribution in [0.4, 0.5) is 31.1 Å². The Labute approximate surface area is 222 Å².